The number of nitrogens with one attached hydrogen (secondary N) is 1. The molecule has 0 atom stereocenters. The second kappa shape index (κ2) is 4.23. The monoisotopic (exact) mass is 259 g/mol. The van der Waals surface area contributed by atoms with Crippen LogP contribution in [-0.2, 0) is 6.42 Å². The number of rotatable bonds is 3. The predicted molar refractivity (Wildman–Crippen MR) is 68.0 cm³/mol. The minimum atomic E-state index is -0.978. The number of H-pyrrole nitrogens is 1. The Labute approximate surface area is 106 Å². The molecule has 18 heavy (non-hydrogen) atoms. The molecule has 0 aromatic carbocycles. The van der Waals surface area contributed by atoms with Crippen LogP contribution in [0.3, 0.4) is 0 Å². The molecule has 5 nitrogen and oxygen atoms in total. The van der Waals surface area contributed by atoms with Crippen LogP contribution in [0, 0.1) is 0 Å². The lowest BCUT2D eigenvalue weighted by Gasteiger charge is -1.94. The fourth-order valence-electron chi connectivity index (χ4n) is 1.80. The van der Waals surface area contributed by atoms with Crippen molar-refractivity contribution in [1.82, 2.24) is 15.0 Å². The molecule has 3 aromatic rings. The first-order valence-corrected chi connectivity index (χ1v) is 6.21. The van der Waals surface area contributed by atoms with E-state index < -0.39 is 5.97 Å². The predicted octanol–water partition coefficient (Wildman–Crippen LogP) is 2.31. The highest BCUT2D eigenvalue weighted by Crippen LogP contribution is 2.18. The minimum absolute atomic E-state index is 0.199. The highest BCUT2D eigenvalue weighted by atomic mass is 32.1. The van der Waals surface area contributed by atoms with Crippen molar-refractivity contribution in [2.24, 2.45) is 0 Å². The van der Waals surface area contributed by atoms with Crippen molar-refractivity contribution in [2.45, 2.75) is 6.42 Å². The van der Waals surface area contributed by atoms with Crippen molar-refractivity contribution in [3.63, 3.8) is 0 Å². The molecule has 3 aromatic heterocycles. The van der Waals surface area contributed by atoms with Gasteiger partial charge in [-0.05, 0) is 17.5 Å². The van der Waals surface area contributed by atoms with Crippen LogP contribution in [0.2, 0.25) is 0 Å². The van der Waals surface area contributed by atoms with Gasteiger partial charge in [-0.3, -0.25) is 0 Å². The summed E-state index contributed by atoms with van der Waals surface area (Å²) in [6.07, 6.45) is 2.12. The number of aromatic amines is 1. The normalized spacial score (nSPS) is 10.9. The Bertz CT molecular complexity index is 703. The van der Waals surface area contributed by atoms with Crippen LogP contribution in [0.15, 0.2) is 29.8 Å². The van der Waals surface area contributed by atoms with Crippen molar-refractivity contribution in [2.75, 3.05) is 0 Å². The molecule has 3 rings (SSSR count). The van der Waals surface area contributed by atoms with Crippen molar-refractivity contribution >= 4 is 28.5 Å². The Kier molecular flexibility index (Phi) is 2.56. The SMILES string of the molecule is O=C(O)c1ccnc2nc(Cc3cccs3)[nH]c12. The summed E-state index contributed by atoms with van der Waals surface area (Å²) in [6, 6.07) is 5.46. The van der Waals surface area contributed by atoms with Gasteiger partial charge in [0.15, 0.2) is 5.65 Å². The van der Waals surface area contributed by atoms with E-state index in [-0.39, 0.29) is 5.56 Å². The highest BCUT2D eigenvalue weighted by molar-refractivity contribution is 7.09. The third-order valence-electron chi connectivity index (χ3n) is 2.59. The van der Waals surface area contributed by atoms with Crippen LogP contribution in [0.1, 0.15) is 21.1 Å². The molecule has 0 spiro atoms. The van der Waals surface area contributed by atoms with E-state index in [4.69, 9.17) is 5.11 Å². The standard InChI is InChI=1S/C12H9N3O2S/c16-12(17)8-3-4-13-11-10(8)14-9(15-11)6-7-2-1-5-18-7/h1-5H,6H2,(H,16,17)(H,13,14,15). The third kappa shape index (κ3) is 1.86. The maximum atomic E-state index is 11.1. The van der Waals surface area contributed by atoms with E-state index in [1.807, 2.05) is 17.5 Å². The number of hydrogen-bond donors (Lipinski definition) is 2. The van der Waals surface area contributed by atoms with Crippen molar-refractivity contribution in [3.05, 3.63) is 46.0 Å². The molecule has 0 saturated carbocycles. The zero-order chi connectivity index (χ0) is 12.5. The summed E-state index contributed by atoms with van der Waals surface area (Å²) in [4.78, 5) is 23.7. The summed E-state index contributed by atoms with van der Waals surface area (Å²) in [5.74, 6) is -0.248. The molecule has 0 fully saturated rings. The summed E-state index contributed by atoms with van der Waals surface area (Å²) in [6.45, 7) is 0. The van der Waals surface area contributed by atoms with E-state index in [1.54, 1.807) is 11.3 Å². The second-order valence-electron chi connectivity index (χ2n) is 3.80. The van der Waals surface area contributed by atoms with Crippen LogP contribution < -0.4 is 0 Å². The van der Waals surface area contributed by atoms with Gasteiger partial charge in [-0.1, -0.05) is 6.07 Å². The van der Waals surface area contributed by atoms with Crippen molar-refractivity contribution < 1.29 is 9.90 Å². The summed E-state index contributed by atoms with van der Waals surface area (Å²) in [7, 11) is 0. The number of hydrogen-bond acceptors (Lipinski definition) is 4. The molecule has 6 heteroatoms. The number of carbonyl (C=O) groups is 1. The molecule has 90 valence electrons. The Balaban J connectivity index is 2.05. The van der Waals surface area contributed by atoms with E-state index in [9.17, 15) is 4.79 Å². The van der Waals surface area contributed by atoms with Crippen LogP contribution >= 0.6 is 11.3 Å². The zero-order valence-electron chi connectivity index (χ0n) is 9.25. The molecule has 3 heterocycles. The van der Waals surface area contributed by atoms with Crippen LogP contribution in [0.5, 0.6) is 0 Å². The van der Waals surface area contributed by atoms with Gasteiger partial charge >= 0.3 is 5.97 Å². The van der Waals surface area contributed by atoms with Crippen LogP contribution in [0.4, 0.5) is 0 Å². The summed E-state index contributed by atoms with van der Waals surface area (Å²) in [5.41, 5.74) is 1.13. The number of aromatic nitrogens is 3. The number of nitrogens with zero attached hydrogens (tertiary/aromatic N) is 2. The second-order valence-corrected chi connectivity index (χ2v) is 4.83. The lowest BCUT2D eigenvalue weighted by molar-refractivity contribution is 0.0699. The average molecular weight is 259 g/mol. The van der Waals surface area contributed by atoms with E-state index >= 15 is 0 Å². The quantitative estimate of drug-likeness (QED) is 0.756. The first-order valence-electron chi connectivity index (χ1n) is 5.33. The zero-order valence-corrected chi connectivity index (χ0v) is 10.1. The minimum Gasteiger partial charge on any atom is -0.478 e. The molecule has 0 radical (unpaired) electrons. The Hall–Kier alpha value is -2.21. The van der Waals surface area contributed by atoms with Gasteiger partial charge in [-0.15, -0.1) is 11.3 Å². The maximum Gasteiger partial charge on any atom is 0.338 e. The summed E-state index contributed by atoms with van der Waals surface area (Å²) >= 11 is 1.64. The number of imidazole rings is 1. The molecular formula is C12H9N3O2S. The summed E-state index contributed by atoms with van der Waals surface area (Å²) < 4.78 is 0. The molecule has 0 amide bonds. The topological polar surface area (TPSA) is 78.9 Å². The molecule has 0 unspecified atom stereocenters. The number of thiophene rings is 1. The number of carboxylic acids is 1. The summed E-state index contributed by atoms with van der Waals surface area (Å²) in [5, 5.41) is 11.1. The van der Waals surface area contributed by atoms with Crippen LogP contribution in [0.25, 0.3) is 11.2 Å². The molecule has 0 saturated heterocycles. The first kappa shape index (κ1) is 10.9. The Morgan fingerprint density at radius 2 is 2.33 bits per heavy atom. The highest BCUT2D eigenvalue weighted by Gasteiger charge is 2.13. The fourth-order valence-corrected chi connectivity index (χ4v) is 2.51. The number of aromatic carboxylic acids is 1. The van der Waals surface area contributed by atoms with Gasteiger partial charge in [0.25, 0.3) is 0 Å². The van der Waals surface area contributed by atoms with E-state index in [0.29, 0.717) is 17.6 Å². The molecule has 0 aliphatic heterocycles. The van der Waals surface area contributed by atoms with Crippen LogP contribution in [-0.4, -0.2) is 26.0 Å². The smallest absolute Gasteiger partial charge is 0.338 e. The third-order valence-corrected chi connectivity index (χ3v) is 3.47. The maximum absolute atomic E-state index is 11.1. The average Bonchev–Trinajstić information content (AvgIpc) is 2.96. The van der Waals surface area contributed by atoms with Gasteiger partial charge in [0.05, 0.1) is 11.1 Å². The number of fused-ring (bicyclic) bond motifs is 1. The van der Waals surface area contributed by atoms with E-state index in [2.05, 4.69) is 15.0 Å². The van der Waals surface area contributed by atoms with Crippen molar-refractivity contribution in [1.29, 1.82) is 0 Å². The molecule has 0 aliphatic rings. The lowest BCUT2D eigenvalue weighted by atomic mass is 10.2. The van der Waals surface area contributed by atoms with E-state index in [1.165, 1.54) is 17.1 Å². The van der Waals surface area contributed by atoms with Gasteiger partial charge < -0.3 is 10.1 Å². The largest absolute Gasteiger partial charge is 0.478 e. The Morgan fingerprint density at radius 3 is 3.06 bits per heavy atom. The van der Waals surface area contributed by atoms with Gasteiger partial charge in [0.1, 0.15) is 5.82 Å². The number of carboxylic acid groups (broad SMARTS) is 1. The van der Waals surface area contributed by atoms with E-state index in [0.717, 1.165) is 5.82 Å². The molecule has 0 bridgehead atoms. The molecule has 2 N–H and O–H groups in total. The molecular weight excluding hydrogens is 250 g/mol. The van der Waals surface area contributed by atoms with Gasteiger partial charge in [0, 0.05) is 17.5 Å². The van der Waals surface area contributed by atoms with Gasteiger partial charge in [-0.2, -0.15) is 0 Å². The fraction of sp³-hybridized carbons (Fsp3) is 0.0833. The van der Waals surface area contributed by atoms with Gasteiger partial charge in [-0.25, -0.2) is 14.8 Å². The van der Waals surface area contributed by atoms with Crippen molar-refractivity contribution in [3.8, 4) is 0 Å². The lowest BCUT2D eigenvalue weighted by Crippen LogP contribution is -1.97. The Morgan fingerprint density at radius 1 is 1.44 bits per heavy atom. The number of pyridine rings is 1. The first-order chi connectivity index (χ1) is 8.74. The molecule has 0 aliphatic carbocycles. The van der Waals surface area contributed by atoms with Gasteiger partial charge in [0.2, 0.25) is 0 Å².